The monoisotopic (exact) mass is 699 g/mol. The summed E-state index contributed by atoms with van der Waals surface area (Å²) >= 11 is 0. The van der Waals surface area contributed by atoms with Crippen molar-refractivity contribution in [3.8, 4) is 33.4 Å². The fraction of sp³-hybridized carbons (Fsp3) is 0.0741. The molecule has 0 radical (unpaired) electrons. The van der Waals surface area contributed by atoms with Crippen LogP contribution in [-0.4, -0.2) is 0 Å². The van der Waals surface area contributed by atoms with Crippen LogP contribution in [0.4, 0.5) is 17.1 Å². The van der Waals surface area contributed by atoms with Crippen LogP contribution in [0.25, 0.3) is 54.9 Å². The lowest BCUT2D eigenvalue weighted by atomic mass is 9.70. The quantitative estimate of drug-likeness (QED) is 0.177. The highest BCUT2D eigenvalue weighted by molar-refractivity contribution is 6.04. The number of hydrogen-bond donors (Lipinski definition) is 0. The average Bonchev–Trinajstić information content (AvgIpc) is 3.80. The van der Waals surface area contributed by atoms with Crippen LogP contribution in [0.5, 0.6) is 0 Å². The third kappa shape index (κ3) is 3.92. The Kier molecular flexibility index (Phi) is 6.11. The Bertz CT molecular complexity index is 3010. The number of benzene rings is 9. The van der Waals surface area contributed by atoms with Crippen LogP contribution < -0.4 is 4.90 Å². The van der Waals surface area contributed by atoms with Gasteiger partial charge in [0.2, 0.25) is 0 Å². The molecule has 12 rings (SSSR count). The lowest BCUT2D eigenvalue weighted by molar-refractivity contribution is 0.672. The van der Waals surface area contributed by atoms with Crippen molar-refractivity contribution in [2.45, 2.75) is 24.7 Å². The minimum atomic E-state index is -0.397. The maximum absolute atomic E-state index is 2.49. The molecule has 0 fully saturated rings. The first-order chi connectivity index (χ1) is 27.0. The number of hydrogen-bond acceptors (Lipinski definition) is 1. The van der Waals surface area contributed by atoms with Crippen molar-refractivity contribution in [3.05, 3.63) is 221 Å². The highest BCUT2D eigenvalue weighted by Crippen LogP contribution is 2.63. The van der Waals surface area contributed by atoms with E-state index in [0.717, 1.165) is 17.1 Å². The molecule has 9 aromatic rings. The van der Waals surface area contributed by atoms with Gasteiger partial charge in [-0.05, 0) is 125 Å². The Hall–Kier alpha value is -6.70. The number of anilines is 3. The maximum Gasteiger partial charge on any atom is 0.0726 e. The van der Waals surface area contributed by atoms with E-state index in [1.54, 1.807) is 0 Å². The molecule has 0 amide bonds. The summed E-state index contributed by atoms with van der Waals surface area (Å²) in [6.45, 7) is 4.82. The molecule has 0 atom stereocenters. The molecule has 9 aromatic carbocycles. The number of nitrogens with zero attached hydrogens (tertiary/aromatic N) is 1. The summed E-state index contributed by atoms with van der Waals surface area (Å²) in [5.41, 5.74) is 19.2. The smallest absolute Gasteiger partial charge is 0.0726 e. The minimum absolute atomic E-state index is 0.136. The molecule has 3 aliphatic carbocycles. The van der Waals surface area contributed by atoms with Gasteiger partial charge in [-0.15, -0.1) is 0 Å². The summed E-state index contributed by atoms with van der Waals surface area (Å²) in [7, 11) is 0. The number of rotatable bonds is 3. The van der Waals surface area contributed by atoms with Crippen molar-refractivity contribution in [1.82, 2.24) is 0 Å². The van der Waals surface area contributed by atoms with Gasteiger partial charge in [-0.2, -0.15) is 0 Å². The Labute approximate surface area is 321 Å². The summed E-state index contributed by atoms with van der Waals surface area (Å²) < 4.78 is 0. The molecule has 0 saturated carbocycles. The van der Waals surface area contributed by atoms with Crippen molar-refractivity contribution in [3.63, 3.8) is 0 Å². The van der Waals surface area contributed by atoms with Gasteiger partial charge < -0.3 is 4.90 Å². The molecule has 1 spiro atoms. The van der Waals surface area contributed by atoms with Crippen LogP contribution in [0.15, 0.2) is 188 Å². The van der Waals surface area contributed by atoms with E-state index in [0.29, 0.717) is 0 Å². The van der Waals surface area contributed by atoms with E-state index in [1.165, 1.54) is 88.3 Å². The van der Waals surface area contributed by atoms with Crippen molar-refractivity contribution >= 4 is 38.6 Å². The van der Waals surface area contributed by atoms with Gasteiger partial charge in [-0.3, -0.25) is 0 Å². The summed E-state index contributed by atoms with van der Waals surface area (Å²) in [6, 6.07) is 70.5. The molecule has 0 aromatic heterocycles. The molecule has 1 heteroatoms. The van der Waals surface area contributed by atoms with E-state index in [9.17, 15) is 0 Å². The maximum atomic E-state index is 2.49. The molecule has 0 unspecified atom stereocenters. The highest BCUT2D eigenvalue weighted by atomic mass is 15.1. The summed E-state index contributed by atoms with van der Waals surface area (Å²) in [5.74, 6) is 0. The Balaban J connectivity index is 1.07. The van der Waals surface area contributed by atoms with Crippen LogP contribution in [0.3, 0.4) is 0 Å². The van der Waals surface area contributed by atoms with Crippen molar-refractivity contribution < 1.29 is 0 Å². The Morgan fingerprint density at radius 1 is 0.327 bits per heavy atom. The fourth-order valence-electron chi connectivity index (χ4n) is 10.9. The molecule has 3 aliphatic rings. The molecular formula is C54H37N. The molecule has 0 saturated heterocycles. The van der Waals surface area contributed by atoms with Gasteiger partial charge in [0.05, 0.1) is 5.41 Å². The molecule has 0 N–H and O–H groups in total. The van der Waals surface area contributed by atoms with Gasteiger partial charge in [0.25, 0.3) is 0 Å². The first-order valence-electron chi connectivity index (χ1n) is 19.4. The second-order valence-electron chi connectivity index (χ2n) is 16.0. The van der Waals surface area contributed by atoms with Crippen molar-refractivity contribution in [2.24, 2.45) is 0 Å². The van der Waals surface area contributed by atoms with Crippen molar-refractivity contribution in [2.75, 3.05) is 4.90 Å². The van der Waals surface area contributed by atoms with Crippen LogP contribution in [-0.2, 0) is 10.8 Å². The Morgan fingerprint density at radius 2 is 0.800 bits per heavy atom. The fourth-order valence-corrected chi connectivity index (χ4v) is 10.9. The second kappa shape index (κ2) is 10.9. The van der Waals surface area contributed by atoms with E-state index in [2.05, 4.69) is 207 Å². The average molecular weight is 700 g/mol. The topological polar surface area (TPSA) is 3.24 Å². The first-order valence-corrected chi connectivity index (χ1v) is 19.4. The largest absolute Gasteiger partial charge is 0.310 e. The number of para-hydroxylation sites is 1. The summed E-state index contributed by atoms with van der Waals surface area (Å²) in [5, 5.41) is 5.23. The third-order valence-electron chi connectivity index (χ3n) is 13.0. The normalized spacial score (nSPS) is 14.7. The van der Waals surface area contributed by atoms with Crippen molar-refractivity contribution in [1.29, 1.82) is 0 Å². The van der Waals surface area contributed by atoms with Gasteiger partial charge in [0.15, 0.2) is 0 Å². The van der Waals surface area contributed by atoms with Crippen LogP contribution in [0.1, 0.15) is 47.2 Å². The van der Waals surface area contributed by atoms with Gasteiger partial charge in [-0.1, -0.05) is 166 Å². The Morgan fingerprint density at radius 3 is 1.45 bits per heavy atom. The lowest BCUT2D eigenvalue weighted by Gasteiger charge is -2.32. The zero-order chi connectivity index (χ0) is 36.5. The van der Waals surface area contributed by atoms with Crippen LogP contribution in [0, 0.1) is 0 Å². The SMILES string of the molecule is CC1(C)c2c(ccc3ccccc23)-c2ccc3cc(N(c4ccccc4)c4ccc5c(c4)C4(c6ccccc6-c6ccccc64)c4ccccc4-5)ccc3c21. The minimum Gasteiger partial charge on any atom is -0.310 e. The molecule has 0 bridgehead atoms. The van der Waals surface area contributed by atoms with Gasteiger partial charge >= 0.3 is 0 Å². The molecular weight excluding hydrogens is 663 g/mol. The molecule has 0 aliphatic heterocycles. The lowest BCUT2D eigenvalue weighted by Crippen LogP contribution is -2.26. The van der Waals surface area contributed by atoms with E-state index in [4.69, 9.17) is 0 Å². The highest BCUT2D eigenvalue weighted by Gasteiger charge is 2.51. The predicted octanol–water partition coefficient (Wildman–Crippen LogP) is 14.1. The zero-order valence-electron chi connectivity index (χ0n) is 30.8. The zero-order valence-corrected chi connectivity index (χ0v) is 30.8. The van der Waals surface area contributed by atoms with E-state index in [-0.39, 0.29) is 5.41 Å². The molecule has 55 heavy (non-hydrogen) atoms. The summed E-state index contributed by atoms with van der Waals surface area (Å²) in [4.78, 5) is 2.45. The standard InChI is InChI=1S/C54H37N/c1-53(2)51-39-17-7-6-14-34(39)24-28-45(51)46-29-25-35-32-37(26-30-40(35)52(46)53)55(36-15-4-3-5-16-36)38-27-31-44-43-20-10-13-23-49(43)54(50(44)33-38)47-21-11-8-18-41(47)42-19-9-12-22-48(42)54/h3-33H,1-2H3. The second-order valence-corrected chi connectivity index (χ2v) is 16.0. The van der Waals surface area contributed by atoms with Gasteiger partial charge in [0, 0.05) is 22.5 Å². The van der Waals surface area contributed by atoms with Gasteiger partial charge in [0.1, 0.15) is 0 Å². The first kappa shape index (κ1) is 30.7. The number of fused-ring (bicyclic) bond motifs is 17. The summed E-state index contributed by atoms with van der Waals surface area (Å²) in [6.07, 6.45) is 0. The van der Waals surface area contributed by atoms with E-state index in [1.807, 2.05) is 0 Å². The van der Waals surface area contributed by atoms with Gasteiger partial charge in [-0.25, -0.2) is 0 Å². The van der Waals surface area contributed by atoms with Crippen LogP contribution in [0.2, 0.25) is 0 Å². The molecule has 0 heterocycles. The third-order valence-corrected chi connectivity index (χ3v) is 13.0. The predicted molar refractivity (Wildman–Crippen MR) is 230 cm³/mol. The van der Waals surface area contributed by atoms with Crippen LogP contribution >= 0.6 is 0 Å². The molecule has 1 nitrogen and oxygen atoms in total. The molecule has 258 valence electrons. The van der Waals surface area contributed by atoms with E-state index < -0.39 is 5.41 Å². The van der Waals surface area contributed by atoms with E-state index >= 15 is 0 Å².